The van der Waals surface area contributed by atoms with E-state index in [-0.39, 0.29) is 27.1 Å². The standard InChI is InChI=1S/C31H26N4O6S2/c1-3-41-31(38)26-22-6-4-5-7-24(22)42-28(26)33-27(36)23(17-32)30-34(20-12-8-18(2)9-13-20)29(37)25(43-30)16-19-10-14-21(15-11-19)35(39)40/h8-16H,3-7H2,1-2H3,(H,33,36)/b25-16-,30-23+. The number of nitrogens with zero attached hydrogens (tertiary/aromatic N) is 3. The number of anilines is 1. The molecule has 2 aromatic carbocycles. The van der Waals surface area contributed by atoms with Gasteiger partial charge in [0.1, 0.15) is 15.7 Å². The lowest BCUT2D eigenvalue weighted by Crippen LogP contribution is -2.32. The minimum absolute atomic E-state index is 0.0877. The lowest BCUT2D eigenvalue weighted by Gasteiger charge is -2.12. The fraction of sp³-hybridized carbons (Fsp3) is 0.226. The summed E-state index contributed by atoms with van der Waals surface area (Å²) in [7, 11) is 0. The highest BCUT2D eigenvalue weighted by molar-refractivity contribution is 7.17. The van der Waals surface area contributed by atoms with Gasteiger partial charge in [-0.25, -0.2) is 4.79 Å². The average Bonchev–Trinajstić information content (AvgIpc) is 3.51. The van der Waals surface area contributed by atoms with Gasteiger partial charge in [-0.1, -0.05) is 17.7 Å². The number of nitriles is 1. The van der Waals surface area contributed by atoms with E-state index in [1.54, 1.807) is 25.1 Å². The zero-order chi connectivity index (χ0) is 30.7. The molecule has 5 rings (SSSR count). The van der Waals surface area contributed by atoms with Crippen LogP contribution in [0.1, 0.15) is 51.7 Å². The van der Waals surface area contributed by atoms with Crippen LogP contribution in [-0.4, -0.2) is 28.0 Å². The Balaban J connectivity index is 1.67. The number of nitro groups is 1. The van der Waals surface area contributed by atoms with Crippen molar-refractivity contribution < 1.29 is 19.2 Å². The molecule has 1 aliphatic carbocycles. The molecule has 1 aliphatic rings. The van der Waals surface area contributed by atoms with Crippen molar-refractivity contribution in [1.82, 2.24) is 4.57 Å². The van der Waals surface area contributed by atoms with Gasteiger partial charge in [0.15, 0.2) is 5.57 Å². The van der Waals surface area contributed by atoms with E-state index in [4.69, 9.17) is 4.74 Å². The van der Waals surface area contributed by atoms with E-state index >= 15 is 0 Å². The first-order valence-electron chi connectivity index (χ1n) is 13.5. The van der Waals surface area contributed by atoms with Crippen LogP contribution < -0.4 is 20.1 Å². The molecular formula is C31H26N4O6S2. The molecule has 0 radical (unpaired) electrons. The Bertz CT molecular complexity index is 1960. The zero-order valence-electron chi connectivity index (χ0n) is 23.3. The van der Waals surface area contributed by atoms with E-state index in [0.717, 1.165) is 46.6 Å². The molecule has 0 fully saturated rings. The van der Waals surface area contributed by atoms with Crippen LogP contribution in [0.2, 0.25) is 0 Å². The normalized spacial score (nSPS) is 13.6. The van der Waals surface area contributed by atoms with Crippen molar-refractivity contribution in [3.05, 3.63) is 105 Å². The van der Waals surface area contributed by atoms with E-state index in [1.807, 2.05) is 25.1 Å². The second-order valence-corrected chi connectivity index (χ2v) is 12.0. The van der Waals surface area contributed by atoms with Crippen LogP contribution in [-0.2, 0) is 22.4 Å². The third kappa shape index (κ3) is 6.04. The number of ether oxygens (including phenoxy) is 1. The Morgan fingerprint density at radius 3 is 2.47 bits per heavy atom. The van der Waals surface area contributed by atoms with Gasteiger partial charge in [-0.15, -0.1) is 22.7 Å². The number of thiophene rings is 1. The molecule has 1 N–H and O–H groups in total. The SMILES string of the molecule is CCOC(=O)c1c(NC(=O)/C(C#N)=c2/s/c(=C\c3ccc([N+](=O)[O-])cc3)c(=O)n2-c2ccc(C)cc2)sc2c1CCCC2. The molecule has 10 nitrogen and oxygen atoms in total. The van der Waals surface area contributed by atoms with Crippen LogP contribution in [0.25, 0.3) is 17.3 Å². The van der Waals surface area contributed by atoms with Gasteiger partial charge in [-0.3, -0.25) is 24.3 Å². The Morgan fingerprint density at radius 1 is 1.12 bits per heavy atom. The minimum atomic E-state index is -0.754. The number of benzene rings is 2. The van der Waals surface area contributed by atoms with Crippen LogP contribution >= 0.6 is 22.7 Å². The molecule has 218 valence electrons. The van der Waals surface area contributed by atoms with Crippen LogP contribution in [0.5, 0.6) is 0 Å². The van der Waals surface area contributed by atoms with Crippen molar-refractivity contribution in [3.63, 3.8) is 0 Å². The zero-order valence-corrected chi connectivity index (χ0v) is 25.0. The Labute approximate surface area is 254 Å². The molecule has 43 heavy (non-hydrogen) atoms. The Hall–Kier alpha value is -4.86. The number of nitrogens with one attached hydrogen (secondary N) is 1. The smallest absolute Gasteiger partial charge is 0.341 e. The molecule has 1 amide bonds. The molecule has 2 heterocycles. The number of aryl methyl sites for hydroxylation is 2. The first-order valence-corrected chi connectivity index (χ1v) is 15.2. The molecule has 0 saturated carbocycles. The molecular weight excluding hydrogens is 588 g/mol. The quantitative estimate of drug-likeness (QED) is 0.185. The van der Waals surface area contributed by atoms with Gasteiger partial charge >= 0.3 is 5.97 Å². The summed E-state index contributed by atoms with van der Waals surface area (Å²) in [5.74, 6) is -1.28. The Morgan fingerprint density at radius 2 is 1.81 bits per heavy atom. The summed E-state index contributed by atoms with van der Waals surface area (Å²) in [5.41, 5.74) is 2.31. The van der Waals surface area contributed by atoms with Gasteiger partial charge in [-0.2, -0.15) is 5.26 Å². The number of rotatable bonds is 7. The number of hydrogen-bond donors (Lipinski definition) is 1. The van der Waals surface area contributed by atoms with Gasteiger partial charge in [0, 0.05) is 17.0 Å². The number of thiazole rings is 1. The van der Waals surface area contributed by atoms with Crippen LogP contribution in [0.3, 0.4) is 0 Å². The number of carbonyl (C=O) groups is 2. The van der Waals surface area contributed by atoms with E-state index in [9.17, 15) is 29.8 Å². The van der Waals surface area contributed by atoms with E-state index in [1.165, 1.54) is 40.2 Å². The van der Waals surface area contributed by atoms with Crippen LogP contribution in [0.15, 0.2) is 53.3 Å². The molecule has 0 saturated heterocycles. The van der Waals surface area contributed by atoms with Crippen LogP contribution in [0.4, 0.5) is 10.7 Å². The second kappa shape index (κ2) is 12.6. The number of nitro benzene ring substituents is 1. The maximum Gasteiger partial charge on any atom is 0.341 e. The summed E-state index contributed by atoms with van der Waals surface area (Å²) in [6.45, 7) is 3.79. The highest BCUT2D eigenvalue weighted by Gasteiger charge is 2.28. The predicted octanol–water partition coefficient (Wildman–Crippen LogP) is 4.37. The van der Waals surface area contributed by atoms with E-state index in [2.05, 4.69) is 5.32 Å². The Kier molecular flexibility index (Phi) is 8.66. The number of fused-ring (bicyclic) bond motifs is 1. The largest absolute Gasteiger partial charge is 0.462 e. The average molecular weight is 615 g/mol. The van der Waals surface area contributed by atoms with Gasteiger partial charge in [-0.05, 0) is 81.0 Å². The summed E-state index contributed by atoms with van der Waals surface area (Å²) >= 11 is 2.27. The number of carbonyl (C=O) groups excluding carboxylic acids is 2. The van der Waals surface area contributed by atoms with Gasteiger partial charge < -0.3 is 10.1 Å². The van der Waals surface area contributed by atoms with E-state index in [0.29, 0.717) is 28.2 Å². The molecule has 0 aliphatic heterocycles. The number of amides is 1. The number of aromatic nitrogens is 1. The van der Waals surface area contributed by atoms with Crippen molar-refractivity contribution in [2.45, 2.75) is 39.5 Å². The maximum absolute atomic E-state index is 13.7. The number of hydrogen-bond acceptors (Lipinski definition) is 9. The first-order chi connectivity index (χ1) is 20.7. The van der Waals surface area contributed by atoms with Crippen molar-refractivity contribution in [3.8, 4) is 11.8 Å². The highest BCUT2D eigenvalue weighted by Crippen LogP contribution is 2.38. The third-order valence-corrected chi connectivity index (χ3v) is 9.25. The topological polar surface area (TPSA) is 144 Å². The third-order valence-electron chi connectivity index (χ3n) is 6.95. The molecule has 0 bridgehead atoms. The molecule has 2 aromatic heterocycles. The highest BCUT2D eigenvalue weighted by atomic mass is 32.1. The summed E-state index contributed by atoms with van der Waals surface area (Å²) in [6.07, 6.45) is 4.95. The second-order valence-electron chi connectivity index (χ2n) is 9.82. The summed E-state index contributed by atoms with van der Waals surface area (Å²) in [4.78, 5) is 51.9. The maximum atomic E-state index is 13.7. The number of non-ortho nitro benzene ring substituents is 1. The fourth-order valence-electron chi connectivity index (χ4n) is 4.86. The van der Waals surface area contributed by atoms with Gasteiger partial charge in [0.05, 0.1) is 27.3 Å². The molecule has 0 spiro atoms. The lowest BCUT2D eigenvalue weighted by molar-refractivity contribution is -0.384. The van der Waals surface area contributed by atoms with E-state index < -0.39 is 22.4 Å². The molecule has 0 unspecified atom stereocenters. The minimum Gasteiger partial charge on any atom is -0.462 e. The van der Waals surface area contributed by atoms with Crippen molar-refractivity contribution in [2.75, 3.05) is 11.9 Å². The lowest BCUT2D eigenvalue weighted by atomic mass is 9.95. The first kappa shape index (κ1) is 29.6. The predicted molar refractivity (Wildman–Crippen MR) is 165 cm³/mol. The monoisotopic (exact) mass is 614 g/mol. The van der Waals surface area contributed by atoms with Crippen molar-refractivity contribution in [1.29, 1.82) is 5.26 Å². The van der Waals surface area contributed by atoms with Crippen LogP contribution in [0, 0.1) is 28.4 Å². The summed E-state index contributed by atoms with van der Waals surface area (Å²) < 4.78 is 6.94. The summed E-state index contributed by atoms with van der Waals surface area (Å²) in [5, 5.41) is 24.4. The molecule has 4 aromatic rings. The molecule has 0 atom stereocenters. The van der Waals surface area contributed by atoms with Crippen molar-refractivity contribution in [2.24, 2.45) is 0 Å². The number of esters is 1. The van der Waals surface area contributed by atoms with Gasteiger partial charge in [0.25, 0.3) is 17.2 Å². The van der Waals surface area contributed by atoms with Crippen molar-refractivity contribution >= 4 is 56.9 Å². The summed E-state index contributed by atoms with van der Waals surface area (Å²) in [6, 6.07) is 14.8. The fourth-order valence-corrected chi connectivity index (χ4v) is 7.23. The molecule has 12 heteroatoms. The van der Waals surface area contributed by atoms with Gasteiger partial charge in [0.2, 0.25) is 0 Å².